The van der Waals surface area contributed by atoms with Crippen LogP contribution in [0.2, 0.25) is 0 Å². The zero-order valence-electron chi connectivity index (χ0n) is 17.4. The van der Waals surface area contributed by atoms with Crippen LogP contribution in [0.25, 0.3) is 10.2 Å². The van der Waals surface area contributed by atoms with E-state index in [1.165, 1.54) is 23.5 Å². The molecule has 1 N–H and O–H groups in total. The molecule has 4 rings (SSSR count). The number of nitrogens with one attached hydrogen (secondary N) is 1. The molecule has 1 saturated heterocycles. The minimum absolute atomic E-state index is 0.0308. The molecule has 0 saturated carbocycles. The summed E-state index contributed by atoms with van der Waals surface area (Å²) in [6.45, 7) is 4.71. The van der Waals surface area contributed by atoms with Gasteiger partial charge in [0.1, 0.15) is 5.82 Å². The number of rotatable bonds is 6. The lowest BCUT2D eigenvalue weighted by atomic mass is 10.1. The van der Waals surface area contributed by atoms with Crippen molar-refractivity contribution in [3.05, 3.63) is 53.8 Å². The van der Waals surface area contributed by atoms with Gasteiger partial charge in [-0.15, -0.1) is 0 Å². The second kappa shape index (κ2) is 9.43. The Balaban J connectivity index is 1.35. The number of hydrogen-bond donors (Lipinski definition) is 1. The smallest absolute Gasteiger partial charge is 0.227 e. The van der Waals surface area contributed by atoms with Gasteiger partial charge in [-0.3, -0.25) is 9.59 Å². The summed E-state index contributed by atoms with van der Waals surface area (Å²) in [6, 6.07) is 12.3. The number of nitrogens with zero attached hydrogens (tertiary/aromatic N) is 3. The summed E-state index contributed by atoms with van der Waals surface area (Å²) < 4.78 is 14.1. The molecule has 162 valence electrons. The van der Waals surface area contributed by atoms with Crippen molar-refractivity contribution in [1.29, 1.82) is 0 Å². The fourth-order valence-corrected chi connectivity index (χ4v) is 4.64. The molecule has 0 unspecified atom stereocenters. The van der Waals surface area contributed by atoms with Gasteiger partial charge in [0.25, 0.3) is 0 Å². The third-order valence-corrected chi connectivity index (χ3v) is 6.29. The van der Waals surface area contributed by atoms with Crippen LogP contribution in [0.15, 0.2) is 42.5 Å². The van der Waals surface area contributed by atoms with Gasteiger partial charge < -0.3 is 15.1 Å². The van der Waals surface area contributed by atoms with Gasteiger partial charge in [-0.2, -0.15) is 0 Å². The van der Waals surface area contributed by atoms with E-state index in [4.69, 9.17) is 0 Å². The average Bonchev–Trinajstić information content (AvgIpc) is 3.16. The first-order valence-corrected chi connectivity index (χ1v) is 11.3. The molecule has 1 aliphatic rings. The van der Waals surface area contributed by atoms with Crippen molar-refractivity contribution in [2.75, 3.05) is 36.4 Å². The Morgan fingerprint density at radius 3 is 2.55 bits per heavy atom. The molecule has 2 aromatic carbocycles. The molecule has 6 nitrogen and oxygen atoms in total. The largest absolute Gasteiger partial charge is 0.368 e. The van der Waals surface area contributed by atoms with Gasteiger partial charge in [0.2, 0.25) is 11.8 Å². The van der Waals surface area contributed by atoms with E-state index in [0.717, 1.165) is 41.0 Å². The molecule has 1 fully saturated rings. The zero-order chi connectivity index (χ0) is 21.8. The lowest BCUT2D eigenvalue weighted by Gasteiger charge is -2.36. The van der Waals surface area contributed by atoms with Crippen molar-refractivity contribution in [2.24, 2.45) is 0 Å². The fourth-order valence-electron chi connectivity index (χ4n) is 3.69. The van der Waals surface area contributed by atoms with E-state index in [-0.39, 0.29) is 17.6 Å². The number of carbonyl (C=O) groups excluding carboxylic acids is 2. The lowest BCUT2D eigenvalue weighted by Crippen LogP contribution is -2.49. The molecule has 1 aliphatic heterocycles. The molecule has 1 aromatic heterocycles. The van der Waals surface area contributed by atoms with Crippen molar-refractivity contribution >= 4 is 44.2 Å². The third-order valence-electron chi connectivity index (χ3n) is 5.36. The van der Waals surface area contributed by atoms with E-state index >= 15 is 0 Å². The van der Waals surface area contributed by atoms with Gasteiger partial charge in [0.05, 0.1) is 16.6 Å². The molecule has 0 aliphatic carbocycles. The molecular weight excluding hydrogens is 415 g/mol. The van der Waals surface area contributed by atoms with Crippen LogP contribution in [0.4, 0.5) is 15.2 Å². The number of carbonyl (C=O) groups is 2. The fraction of sp³-hybridized carbons (Fsp3) is 0.348. The van der Waals surface area contributed by atoms with Crippen LogP contribution in [-0.4, -0.2) is 47.9 Å². The average molecular weight is 441 g/mol. The SMILES string of the molecule is CCCC(=O)Nc1nc2ccc(CC(=O)N3CCN(c4ccc(F)cc4)CC3)cc2s1. The van der Waals surface area contributed by atoms with Crippen LogP contribution >= 0.6 is 11.3 Å². The second-order valence-corrected chi connectivity index (χ2v) is 8.67. The van der Waals surface area contributed by atoms with Gasteiger partial charge in [0.15, 0.2) is 5.13 Å². The Morgan fingerprint density at radius 1 is 1.10 bits per heavy atom. The highest BCUT2D eigenvalue weighted by molar-refractivity contribution is 7.22. The zero-order valence-corrected chi connectivity index (χ0v) is 18.3. The van der Waals surface area contributed by atoms with Crippen molar-refractivity contribution < 1.29 is 14.0 Å². The highest BCUT2D eigenvalue weighted by Crippen LogP contribution is 2.27. The Morgan fingerprint density at radius 2 is 1.84 bits per heavy atom. The number of fused-ring (bicyclic) bond motifs is 1. The quantitative estimate of drug-likeness (QED) is 0.628. The van der Waals surface area contributed by atoms with Crippen molar-refractivity contribution in [2.45, 2.75) is 26.2 Å². The summed E-state index contributed by atoms with van der Waals surface area (Å²) in [7, 11) is 0. The molecule has 31 heavy (non-hydrogen) atoms. The summed E-state index contributed by atoms with van der Waals surface area (Å²) >= 11 is 1.43. The maximum absolute atomic E-state index is 13.1. The lowest BCUT2D eigenvalue weighted by molar-refractivity contribution is -0.130. The molecule has 8 heteroatoms. The maximum Gasteiger partial charge on any atom is 0.227 e. The molecule has 0 bridgehead atoms. The normalized spacial score (nSPS) is 14.1. The number of thiazole rings is 1. The molecule has 0 spiro atoms. The topological polar surface area (TPSA) is 65.5 Å². The molecular formula is C23H25FN4O2S. The minimum atomic E-state index is -0.245. The number of anilines is 2. The van der Waals surface area contributed by atoms with Crippen LogP contribution in [0.5, 0.6) is 0 Å². The Labute approximate surface area is 184 Å². The molecule has 2 amide bonds. The van der Waals surface area contributed by atoms with Crippen LogP contribution < -0.4 is 10.2 Å². The second-order valence-electron chi connectivity index (χ2n) is 7.64. The highest BCUT2D eigenvalue weighted by atomic mass is 32.1. The van der Waals surface area contributed by atoms with E-state index in [1.807, 2.05) is 30.0 Å². The number of benzene rings is 2. The van der Waals surface area contributed by atoms with E-state index in [2.05, 4.69) is 15.2 Å². The van der Waals surface area contributed by atoms with E-state index < -0.39 is 0 Å². The van der Waals surface area contributed by atoms with Crippen LogP contribution in [0.3, 0.4) is 0 Å². The van der Waals surface area contributed by atoms with Crippen molar-refractivity contribution in [3.63, 3.8) is 0 Å². The Bertz CT molecular complexity index is 1070. The standard InChI is InChI=1S/C23H25FN4O2S/c1-2-3-21(29)26-23-25-19-9-4-16(14-20(19)31-23)15-22(30)28-12-10-27(11-13-28)18-7-5-17(24)6-8-18/h4-9,14H,2-3,10-13,15H2,1H3,(H,25,26,29). The highest BCUT2D eigenvalue weighted by Gasteiger charge is 2.21. The van der Waals surface area contributed by atoms with Crippen LogP contribution in [0.1, 0.15) is 25.3 Å². The van der Waals surface area contributed by atoms with Gasteiger partial charge in [-0.05, 0) is 48.4 Å². The summed E-state index contributed by atoms with van der Waals surface area (Å²) in [6.07, 6.45) is 1.60. The third kappa shape index (κ3) is 5.19. The maximum atomic E-state index is 13.1. The summed E-state index contributed by atoms with van der Waals surface area (Å²) in [5, 5.41) is 3.42. The number of piperazine rings is 1. The first kappa shape index (κ1) is 21.2. The van der Waals surface area contributed by atoms with E-state index in [9.17, 15) is 14.0 Å². The molecule has 0 atom stereocenters. The van der Waals surface area contributed by atoms with Crippen LogP contribution in [-0.2, 0) is 16.0 Å². The van der Waals surface area contributed by atoms with Crippen molar-refractivity contribution in [1.82, 2.24) is 9.88 Å². The summed E-state index contributed by atoms with van der Waals surface area (Å²) in [5.41, 5.74) is 2.74. The number of halogens is 1. The van der Waals surface area contributed by atoms with Gasteiger partial charge in [-0.25, -0.2) is 9.37 Å². The first-order valence-electron chi connectivity index (χ1n) is 10.5. The van der Waals surface area contributed by atoms with E-state index in [1.54, 1.807) is 12.1 Å². The Kier molecular flexibility index (Phi) is 6.46. The molecule has 0 radical (unpaired) electrons. The summed E-state index contributed by atoms with van der Waals surface area (Å²) in [4.78, 5) is 33.1. The minimum Gasteiger partial charge on any atom is -0.368 e. The number of hydrogen-bond acceptors (Lipinski definition) is 5. The van der Waals surface area contributed by atoms with Crippen molar-refractivity contribution in [3.8, 4) is 0 Å². The number of amides is 2. The number of aromatic nitrogens is 1. The van der Waals surface area contributed by atoms with Gasteiger partial charge in [-0.1, -0.05) is 24.3 Å². The van der Waals surface area contributed by atoms with Crippen LogP contribution in [0, 0.1) is 5.82 Å². The first-order chi connectivity index (χ1) is 15.0. The van der Waals surface area contributed by atoms with Gasteiger partial charge >= 0.3 is 0 Å². The predicted molar refractivity (Wildman–Crippen MR) is 122 cm³/mol. The van der Waals surface area contributed by atoms with Gasteiger partial charge in [0, 0.05) is 38.3 Å². The van der Waals surface area contributed by atoms with E-state index in [0.29, 0.717) is 31.1 Å². The monoisotopic (exact) mass is 440 g/mol. The Hall–Kier alpha value is -3.00. The predicted octanol–water partition coefficient (Wildman–Crippen LogP) is 4.07. The molecule has 3 aromatic rings. The molecule has 2 heterocycles. The summed E-state index contributed by atoms with van der Waals surface area (Å²) in [5.74, 6) is -0.179.